The van der Waals surface area contributed by atoms with Gasteiger partial charge in [-0.05, 0) is 46.0 Å². The molecule has 0 saturated heterocycles. The molecule has 0 bridgehead atoms. The molecule has 4 aromatic carbocycles. The minimum absolute atomic E-state index is 0.0217. The van der Waals surface area contributed by atoms with Crippen molar-refractivity contribution in [3.8, 4) is 0 Å². The van der Waals surface area contributed by atoms with Crippen molar-refractivity contribution < 1.29 is 14.5 Å². The maximum absolute atomic E-state index is 14.0. The van der Waals surface area contributed by atoms with Crippen LogP contribution in [0.25, 0.3) is 10.8 Å². The first-order chi connectivity index (χ1) is 22.2. The average molecular weight is 638 g/mol. The van der Waals surface area contributed by atoms with Crippen molar-refractivity contribution in [2.24, 2.45) is 5.92 Å². The van der Waals surface area contributed by atoms with Gasteiger partial charge in [-0.1, -0.05) is 92.5 Å². The molecule has 9 nitrogen and oxygen atoms in total. The van der Waals surface area contributed by atoms with E-state index in [-0.39, 0.29) is 35.9 Å². The van der Waals surface area contributed by atoms with Gasteiger partial charge in [0, 0.05) is 60.3 Å². The number of amides is 2. The van der Waals surface area contributed by atoms with E-state index < -0.39 is 4.92 Å². The Labute approximate surface area is 273 Å². The zero-order chi connectivity index (χ0) is 32.6. The van der Waals surface area contributed by atoms with Crippen LogP contribution in [0.5, 0.6) is 0 Å². The summed E-state index contributed by atoms with van der Waals surface area (Å²) >= 11 is 6.27. The number of fused-ring (bicyclic) bond motifs is 1. The fourth-order valence-electron chi connectivity index (χ4n) is 5.53. The number of halogens is 1. The van der Waals surface area contributed by atoms with Crippen LogP contribution in [0.15, 0.2) is 104 Å². The number of benzene rings is 4. The predicted octanol–water partition coefficient (Wildman–Crippen LogP) is 7.06. The third-order valence-electron chi connectivity index (χ3n) is 8.33. The van der Waals surface area contributed by atoms with Crippen molar-refractivity contribution >= 4 is 39.9 Å². The van der Waals surface area contributed by atoms with Gasteiger partial charge >= 0.3 is 0 Å². The van der Waals surface area contributed by atoms with Crippen LogP contribution >= 0.6 is 11.6 Å². The Hall–Kier alpha value is -5.02. The van der Waals surface area contributed by atoms with E-state index in [2.05, 4.69) is 42.3 Å². The van der Waals surface area contributed by atoms with Gasteiger partial charge in [0.2, 0.25) is 5.91 Å². The zero-order valence-electron chi connectivity index (χ0n) is 25.8. The molecule has 1 N–H and O–H groups in total. The molecule has 0 radical (unpaired) electrons. The summed E-state index contributed by atoms with van der Waals surface area (Å²) in [5, 5.41) is 16.9. The topological polar surface area (TPSA) is 110 Å². The van der Waals surface area contributed by atoms with Crippen LogP contribution in [0.3, 0.4) is 0 Å². The molecule has 2 atom stereocenters. The molecule has 0 aliphatic rings. The van der Waals surface area contributed by atoms with Gasteiger partial charge in [-0.25, -0.2) is 4.98 Å². The molecule has 236 valence electrons. The largest absolute Gasteiger partial charge is 0.351 e. The molecule has 0 aliphatic heterocycles. The standard InChI is InChI=1S/C36H36ClN5O4/c1-3-25(2)34(39-35(43)19-32-20-38-24-41(32)21-26-14-16-31(17-15-26)42(45)46)23-40(36(44)28-10-7-12-30(37)18-28)22-29-11-6-9-27-8-4-5-13-33(27)29/h4-18,20,24-25,34H,3,19,21-23H2,1-2H3,(H,39,43)/t25-,34+/m0/s1. The Balaban J connectivity index is 1.36. The van der Waals surface area contributed by atoms with Gasteiger partial charge in [0.05, 0.1) is 17.7 Å². The first kappa shape index (κ1) is 32.4. The van der Waals surface area contributed by atoms with Gasteiger partial charge in [0.25, 0.3) is 11.6 Å². The molecule has 0 aliphatic carbocycles. The highest BCUT2D eigenvalue weighted by Crippen LogP contribution is 2.23. The maximum Gasteiger partial charge on any atom is 0.269 e. The van der Waals surface area contributed by atoms with Crippen molar-refractivity contribution in [2.75, 3.05) is 6.54 Å². The van der Waals surface area contributed by atoms with Crippen LogP contribution in [0.2, 0.25) is 5.02 Å². The lowest BCUT2D eigenvalue weighted by atomic mass is 9.97. The number of non-ortho nitro benzene ring substituents is 1. The van der Waals surface area contributed by atoms with Crippen molar-refractivity contribution in [3.63, 3.8) is 0 Å². The van der Waals surface area contributed by atoms with E-state index in [9.17, 15) is 19.7 Å². The van der Waals surface area contributed by atoms with Gasteiger partial charge in [0.1, 0.15) is 0 Å². The molecular formula is C36H36ClN5O4. The summed E-state index contributed by atoms with van der Waals surface area (Å²) in [6.45, 7) is 5.22. The molecular weight excluding hydrogens is 602 g/mol. The molecule has 10 heteroatoms. The van der Waals surface area contributed by atoms with Crippen LogP contribution < -0.4 is 5.32 Å². The van der Waals surface area contributed by atoms with Gasteiger partial charge < -0.3 is 14.8 Å². The van der Waals surface area contributed by atoms with E-state index in [4.69, 9.17) is 11.6 Å². The molecule has 0 unspecified atom stereocenters. The van der Waals surface area contributed by atoms with E-state index >= 15 is 0 Å². The van der Waals surface area contributed by atoms with Gasteiger partial charge in [-0.15, -0.1) is 0 Å². The Kier molecular flexibility index (Phi) is 10.4. The number of nitro groups is 1. The number of hydrogen-bond donors (Lipinski definition) is 1. The normalized spacial score (nSPS) is 12.4. The molecule has 5 aromatic rings. The number of imidazole rings is 1. The van der Waals surface area contributed by atoms with E-state index in [0.717, 1.165) is 28.3 Å². The maximum atomic E-state index is 14.0. The van der Waals surface area contributed by atoms with Gasteiger partial charge in [-0.3, -0.25) is 19.7 Å². The number of nitrogens with one attached hydrogen (secondary N) is 1. The number of nitrogens with zero attached hydrogens (tertiary/aromatic N) is 4. The molecule has 5 rings (SSSR count). The lowest BCUT2D eigenvalue weighted by molar-refractivity contribution is -0.384. The highest BCUT2D eigenvalue weighted by atomic mass is 35.5. The minimum Gasteiger partial charge on any atom is -0.351 e. The quantitative estimate of drug-likeness (QED) is 0.110. The van der Waals surface area contributed by atoms with Crippen LogP contribution in [0.1, 0.15) is 47.4 Å². The average Bonchev–Trinajstić information content (AvgIpc) is 3.49. The highest BCUT2D eigenvalue weighted by molar-refractivity contribution is 6.31. The number of carbonyl (C=O) groups is 2. The Bertz CT molecular complexity index is 1830. The summed E-state index contributed by atoms with van der Waals surface area (Å²) in [5.74, 6) is -0.272. The van der Waals surface area contributed by atoms with E-state index in [1.807, 2.05) is 28.8 Å². The molecule has 0 spiro atoms. The summed E-state index contributed by atoms with van der Waals surface area (Å²) in [7, 11) is 0. The molecule has 2 amide bonds. The number of carbonyl (C=O) groups excluding carboxylic acids is 2. The van der Waals surface area contributed by atoms with Crippen LogP contribution in [0, 0.1) is 16.0 Å². The highest BCUT2D eigenvalue weighted by Gasteiger charge is 2.26. The van der Waals surface area contributed by atoms with Crippen LogP contribution in [0.4, 0.5) is 5.69 Å². The molecule has 46 heavy (non-hydrogen) atoms. The summed E-state index contributed by atoms with van der Waals surface area (Å²) in [5.41, 5.74) is 3.08. The number of hydrogen-bond acceptors (Lipinski definition) is 5. The fourth-order valence-corrected chi connectivity index (χ4v) is 5.72. The summed E-state index contributed by atoms with van der Waals surface area (Å²) in [6.07, 6.45) is 4.19. The van der Waals surface area contributed by atoms with E-state index in [0.29, 0.717) is 35.9 Å². The number of aromatic nitrogens is 2. The summed E-state index contributed by atoms with van der Waals surface area (Å²) in [4.78, 5) is 44.1. The predicted molar refractivity (Wildman–Crippen MR) is 180 cm³/mol. The molecule has 0 saturated carbocycles. The zero-order valence-corrected chi connectivity index (χ0v) is 26.6. The van der Waals surface area contributed by atoms with Crippen molar-refractivity contribution in [2.45, 2.75) is 45.8 Å². The number of nitro benzene ring substituents is 1. The van der Waals surface area contributed by atoms with Crippen LogP contribution in [-0.4, -0.2) is 43.8 Å². The second-order valence-electron chi connectivity index (χ2n) is 11.5. The Morgan fingerprint density at radius 3 is 2.50 bits per heavy atom. The minimum atomic E-state index is -0.434. The first-order valence-electron chi connectivity index (χ1n) is 15.2. The second-order valence-corrected chi connectivity index (χ2v) is 11.9. The lowest BCUT2D eigenvalue weighted by Gasteiger charge is -2.32. The van der Waals surface area contributed by atoms with Crippen molar-refractivity contribution in [1.82, 2.24) is 19.8 Å². The van der Waals surface area contributed by atoms with Crippen LogP contribution in [-0.2, 0) is 24.3 Å². The van der Waals surface area contributed by atoms with Crippen molar-refractivity contribution in [1.29, 1.82) is 0 Å². The Morgan fingerprint density at radius 1 is 1.02 bits per heavy atom. The summed E-state index contributed by atoms with van der Waals surface area (Å²) in [6, 6.07) is 27.1. The second kappa shape index (κ2) is 14.8. The molecule has 1 aromatic heterocycles. The van der Waals surface area contributed by atoms with Gasteiger partial charge in [-0.2, -0.15) is 0 Å². The SMILES string of the molecule is CC[C@H](C)[C@@H](CN(Cc1cccc2ccccc12)C(=O)c1cccc(Cl)c1)NC(=O)Cc1cncn1Cc1ccc([N+](=O)[O-])cc1. The Morgan fingerprint density at radius 2 is 1.76 bits per heavy atom. The fraction of sp³-hybridized carbons (Fsp3) is 0.250. The summed E-state index contributed by atoms with van der Waals surface area (Å²) < 4.78 is 1.86. The molecule has 0 fully saturated rings. The van der Waals surface area contributed by atoms with E-state index in [1.165, 1.54) is 12.1 Å². The van der Waals surface area contributed by atoms with Gasteiger partial charge in [0.15, 0.2) is 0 Å². The first-order valence-corrected chi connectivity index (χ1v) is 15.6. The number of rotatable bonds is 13. The smallest absolute Gasteiger partial charge is 0.269 e. The molecule has 1 heterocycles. The lowest BCUT2D eigenvalue weighted by Crippen LogP contribution is -2.49. The monoisotopic (exact) mass is 637 g/mol. The third kappa shape index (κ3) is 7.97. The third-order valence-corrected chi connectivity index (χ3v) is 8.57. The van der Waals surface area contributed by atoms with Crippen molar-refractivity contribution in [3.05, 3.63) is 141 Å². The van der Waals surface area contributed by atoms with E-state index in [1.54, 1.807) is 53.8 Å².